The Morgan fingerprint density at radius 2 is 1.81 bits per heavy atom. The van der Waals surface area contributed by atoms with E-state index in [1.165, 1.54) is 24.2 Å². The summed E-state index contributed by atoms with van der Waals surface area (Å²) in [4.78, 5) is 28.6. The van der Waals surface area contributed by atoms with Crippen molar-refractivity contribution >= 4 is 28.9 Å². The van der Waals surface area contributed by atoms with Gasteiger partial charge in [-0.3, -0.25) is 4.79 Å². The molecule has 0 saturated carbocycles. The number of thiazole rings is 1. The van der Waals surface area contributed by atoms with Gasteiger partial charge in [0.2, 0.25) is 5.95 Å². The zero-order chi connectivity index (χ0) is 17.9. The highest BCUT2D eigenvalue weighted by atomic mass is 32.1. The second-order valence-corrected chi connectivity index (χ2v) is 7.22. The molecule has 3 heterocycles. The molecule has 2 aromatic heterocycles. The third kappa shape index (κ3) is 3.43. The van der Waals surface area contributed by atoms with Gasteiger partial charge in [-0.2, -0.15) is 0 Å². The first-order valence-electron chi connectivity index (χ1n) is 8.62. The number of nitrogens with one attached hydrogen (secondary N) is 1. The highest BCUT2D eigenvalue weighted by Crippen LogP contribution is 2.28. The molecule has 1 aliphatic heterocycles. The summed E-state index contributed by atoms with van der Waals surface area (Å²) >= 11 is 1.39. The van der Waals surface area contributed by atoms with E-state index in [0.29, 0.717) is 10.6 Å². The topological polar surface area (TPSA) is 71.0 Å². The van der Waals surface area contributed by atoms with Crippen LogP contribution in [0.2, 0.25) is 0 Å². The van der Waals surface area contributed by atoms with Gasteiger partial charge in [0, 0.05) is 18.7 Å². The third-order valence-electron chi connectivity index (χ3n) is 4.31. The molecule has 3 aromatic rings. The van der Waals surface area contributed by atoms with Gasteiger partial charge in [0.05, 0.1) is 23.8 Å². The number of carbonyl (C=O) groups excluding carboxylic acids is 1. The molecule has 1 aromatic carbocycles. The maximum absolute atomic E-state index is 12.6. The predicted octanol–water partition coefficient (Wildman–Crippen LogP) is 3.76. The molecule has 1 saturated heterocycles. The number of aromatic nitrogens is 3. The van der Waals surface area contributed by atoms with Crippen molar-refractivity contribution in [2.24, 2.45) is 0 Å². The number of aryl methyl sites for hydroxylation is 1. The zero-order valence-electron chi connectivity index (χ0n) is 14.5. The van der Waals surface area contributed by atoms with E-state index in [9.17, 15) is 4.79 Å². The predicted molar refractivity (Wildman–Crippen MR) is 104 cm³/mol. The molecule has 6 nitrogen and oxygen atoms in total. The molecule has 0 radical (unpaired) electrons. The smallest absolute Gasteiger partial charge is 0.267 e. The maximum Gasteiger partial charge on any atom is 0.267 e. The Kier molecular flexibility index (Phi) is 4.62. The van der Waals surface area contributed by atoms with Crippen molar-refractivity contribution in [2.75, 3.05) is 23.3 Å². The minimum absolute atomic E-state index is 0.181. The van der Waals surface area contributed by atoms with Crippen LogP contribution < -0.4 is 10.2 Å². The van der Waals surface area contributed by atoms with E-state index in [4.69, 9.17) is 0 Å². The Morgan fingerprint density at radius 1 is 1.12 bits per heavy atom. The average molecular weight is 365 g/mol. The standard InChI is InChI=1S/C19H19N5OS/c1-13-16(26-18(22-13)14-7-3-2-4-8-14)17(25)23-15-11-20-19(21-12-15)24-9-5-6-10-24/h2-4,7-8,11-12H,5-6,9-10H2,1H3,(H,23,25). The first-order chi connectivity index (χ1) is 12.7. The summed E-state index contributed by atoms with van der Waals surface area (Å²) in [6, 6.07) is 9.87. The van der Waals surface area contributed by atoms with Crippen molar-refractivity contribution < 1.29 is 4.79 Å². The van der Waals surface area contributed by atoms with Crippen molar-refractivity contribution in [3.8, 4) is 10.6 Å². The Bertz CT molecular complexity index is 901. The molecule has 26 heavy (non-hydrogen) atoms. The highest BCUT2D eigenvalue weighted by molar-refractivity contribution is 7.17. The molecule has 0 aliphatic carbocycles. The summed E-state index contributed by atoms with van der Waals surface area (Å²) in [5.74, 6) is 0.542. The summed E-state index contributed by atoms with van der Waals surface area (Å²) < 4.78 is 0. The van der Waals surface area contributed by atoms with E-state index in [0.717, 1.165) is 35.3 Å². The van der Waals surface area contributed by atoms with Crippen molar-refractivity contribution in [1.82, 2.24) is 15.0 Å². The largest absolute Gasteiger partial charge is 0.341 e. The third-order valence-corrected chi connectivity index (χ3v) is 5.51. The summed E-state index contributed by atoms with van der Waals surface area (Å²) in [7, 11) is 0. The van der Waals surface area contributed by atoms with Gasteiger partial charge >= 0.3 is 0 Å². The number of anilines is 2. The fraction of sp³-hybridized carbons (Fsp3) is 0.263. The van der Waals surface area contributed by atoms with Crippen LogP contribution in [-0.4, -0.2) is 33.9 Å². The van der Waals surface area contributed by atoms with Crippen LogP contribution >= 0.6 is 11.3 Å². The minimum Gasteiger partial charge on any atom is -0.341 e. The first-order valence-corrected chi connectivity index (χ1v) is 9.43. The van der Waals surface area contributed by atoms with Crippen LogP contribution in [0.15, 0.2) is 42.7 Å². The SMILES string of the molecule is Cc1nc(-c2ccccc2)sc1C(=O)Nc1cnc(N2CCCC2)nc1. The number of carbonyl (C=O) groups is 1. The van der Waals surface area contributed by atoms with Crippen LogP contribution in [0.3, 0.4) is 0 Å². The van der Waals surface area contributed by atoms with Gasteiger partial charge in [0.25, 0.3) is 5.91 Å². The minimum atomic E-state index is -0.181. The van der Waals surface area contributed by atoms with Crippen LogP contribution in [0.4, 0.5) is 11.6 Å². The number of rotatable bonds is 4. The van der Waals surface area contributed by atoms with Crippen LogP contribution in [0.1, 0.15) is 28.2 Å². The quantitative estimate of drug-likeness (QED) is 0.762. The van der Waals surface area contributed by atoms with Crippen molar-refractivity contribution in [1.29, 1.82) is 0 Å². The van der Waals surface area contributed by atoms with Crippen LogP contribution in [0.25, 0.3) is 10.6 Å². The normalized spacial score (nSPS) is 13.8. The molecular weight excluding hydrogens is 346 g/mol. The maximum atomic E-state index is 12.6. The molecule has 1 fully saturated rings. The van der Waals surface area contributed by atoms with E-state index in [1.54, 1.807) is 12.4 Å². The Morgan fingerprint density at radius 3 is 2.50 bits per heavy atom. The first kappa shape index (κ1) is 16.7. The number of benzene rings is 1. The number of nitrogens with zero attached hydrogens (tertiary/aromatic N) is 4. The molecule has 1 aliphatic rings. The van der Waals surface area contributed by atoms with Crippen LogP contribution in [0.5, 0.6) is 0 Å². The van der Waals surface area contributed by atoms with Gasteiger partial charge in [0.15, 0.2) is 0 Å². The second-order valence-electron chi connectivity index (χ2n) is 6.22. The van der Waals surface area contributed by atoms with Crippen molar-refractivity contribution in [2.45, 2.75) is 19.8 Å². The number of amides is 1. The molecule has 0 atom stereocenters. The number of hydrogen-bond acceptors (Lipinski definition) is 6. The summed E-state index contributed by atoms with van der Waals surface area (Å²) in [5.41, 5.74) is 2.32. The lowest BCUT2D eigenvalue weighted by Crippen LogP contribution is -2.20. The van der Waals surface area contributed by atoms with Gasteiger partial charge in [-0.25, -0.2) is 15.0 Å². The molecule has 0 unspecified atom stereocenters. The zero-order valence-corrected chi connectivity index (χ0v) is 15.3. The molecule has 7 heteroatoms. The monoisotopic (exact) mass is 365 g/mol. The Hall–Kier alpha value is -2.80. The molecule has 132 valence electrons. The molecule has 1 amide bonds. The van der Waals surface area contributed by atoms with Gasteiger partial charge in [-0.05, 0) is 19.8 Å². The Balaban J connectivity index is 1.49. The van der Waals surface area contributed by atoms with Gasteiger partial charge in [-0.1, -0.05) is 30.3 Å². The van der Waals surface area contributed by atoms with Crippen LogP contribution in [0, 0.1) is 6.92 Å². The summed E-state index contributed by atoms with van der Waals surface area (Å²) in [6.45, 7) is 3.84. The van der Waals surface area contributed by atoms with E-state index in [2.05, 4.69) is 25.2 Å². The van der Waals surface area contributed by atoms with E-state index < -0.39 is 0 Å². The molecule has 4 rings (SSSR count). The second kappa shape index (κ2) is 7.21. The summed E-state index contributed by atoms with van der Waals surface area (Å²) in [5, 5.41) is 3.71. The van der Waals surface area contributed by atoms with E-state index in [1.807, 2.05) is 37.3 Å². The summed E-state index contributed by atoms with van der Waals surface area (Å²) in [6.07, 6.45) is 5.67. The van der Waals surface area contributed by atoms with Crippen LogP contribution in [-0.2, 0) is 0 Å². The molecule has 0 bridgehead atoms. The highest BCUT2D eigenvalue weighted by Gasteiger charge is 2.18. The lowest BCUT2D eigenvalue weighted by Gasteiger charge is -2.14. The molecule has 0 spiro atoms. The fourth-order valence-electron chi connectivity index (χ4n) is 2.97. The van der Waals surface area contributed by atoms with E-state index in [-0.39, 0.29) is 5.91 Å². The Labute approximate surface area is 155 Å². The average Bonchev–Trinajstić information content (AvgIpc) is 3.33. The number of hydrogen-bond donors (Lipinski definition) is 1. The fourth-order valence-corrected chi connectivity index (χ4v) is 3.93. The van der Waals surface area contributed by atoms with Gasteiger partial charge in [0.1, 0.15) is 9.88 Å². The van der Waals surface area contributed by atoms with E-state index >= 15 is 0 Å². The molecule has 1 N–H and O–H groups in total. The molecular formula is C19H19N5OS. The van der Waals surface area contributed by atoms with Gasteiger partial charge in [-0.15, -0.1) is 11.3 Å². The lowest BCUT2D eigenvalue weighted by molar-refractivity contribution is 0.102. The van der Waals surface area contributed by atoms with Crippen molar-refractivity contribution in [3.05, 3.63) is 53.3 Å². The van der Waals surface area contributed by atoms with Crippen molar-refractivity contribution in [3.63, 3.8) is 0 Å². The van der Waals surface area contributed by atoms with Gasteiger partial charge < -0.3 is 10.2 Å². The lowest BCUT2D eigenvalue weighted by atomic mass is 10.2.